The fourth-order valence-corrected chi connectivity index (χ4v) is 2.50. The second-order valence-corrected chi connectivity index (χ2v) is 5.96. The molecule has 0 bridgehead atoms. The third kappa shape index (κ3) is 8.71. The summed E-state index contributed by atoms with van der Waals surface area (Å²) in [7, 11) is 0. The Bertz CT molecular complexity index is 387. The second kappa shape index (κ2) is 11.6. The van der Waals surface area contributed by atoms with E-state index in [1.165, 1.54) is 50.5 Å². The van der Waals surface area contributed by atoms with Crippen LogP contribution in [0, 0.1) is 0 Å². The summed E-state index contributed by atoms with van der Waals surface area (Å²) in [6, 6.07) is 8.45. The first kappa shape index (κ1) is 18.0. The molecule has 118 valence electrons. The molecule has 0 aliphatic rings. The number of nitrogens with one attached hydrogen (secondary N) is 2. The number of benzene rings is 1. The molecule has 0 saturated carbocycles. The van der Waals surface area contributed by atoms with Crippen LogP contribution >= 0.6 is 12.2 Å². The van der Waals surface area contributed by atoms with Crippen molar-refractivity contribution in [2.45, 2.75) is 65.2 Å². The van der Waals surface area contributed by atoms with Crippen LogP contribution < -0.4 is 10.6 Å². The minimum atomic E-state index is 0.727. The zero-order valence-electron chi connectivity index (χ0n) is 13.6. The zero-order chi connectivity index (χ0) is 15.3. The predicted octanol–water partition coefficient (Wildman–Crippen LogP) is 5.29. The standard InChI is InChI=1S/C18H30N2S/c1-3-5-6-7-8-9-10-15-19-18(21)20-17-13-11-16(4-2)12-14-17/h11-14H,3-10,15H2,1-2H3,(H2,19,20,21). The first-order valence-corrected chi connectivity index (χ1v) is 8.81. The number of aryl methyl sites for hydroxylation is 1. The maximum atomic E-state index is 5.31. The number of hydrogen-bond acceptors (Lipinski definition) is 1. The Morgan fingerprint density at radius 3 is 2.14 bits per heavy atom. The third-order valence-corrected chi connectivity index (χ3v) is 3.93. The van der Waals surface area contributed by atoms with Gasteiger partial charge in [0.2, 0.25) is 0 Å². The Morgan fingerprint density at radius 2 is 1.52 bits per heavy atom. The van der Waals surface area contributed by atoms with Gasteiger partial charge in [-0.05, 0) is 42.8 Å². The lowest BCUT2D eigenvalue weighted by Gasteiger charge is -2.10. The van der Waals surface area contributed by atoms with Gasteiger partial charge in [0.05, 0.1) is 0 Å². The summed E-state index contributed by atoms with van der Waals surface area (Å²) in [5.41, 5.74) is 2.41. The topological polar surface area (TPSA) is 24.1 Å². The Balaban J connectivity index is 2.05. The van der Waals surface area contributed by atoms with Gasteiger partial charge in [0.15, 0.2) is 5.11 Å². The monoisotopic (exact) mass is 306 g/mol. The molecular formula is C18H30N2S. The van der Waals surface area contributed by atoms with Crippen molar-refractivity contribution < 1.29 is 0 Å². The third-order valence-electron chi connectivity index (χ3n) is 3.69. The van der Waals surface area contributed by atoms with E-state index in [1.807, 2.05) is 0 Å². The molecule has 0 aliphatic carbocycles. The number of anilines is 1. The SMILES string of the molecule is CCCCCCCCCNC(=S)Nc1ccc(CC)cc1. The average molecular weight is 307 g/mol. The molecule has 1 aromatic rings. The maximum absolute atomic E-state index is 5.31. The first-order chi connectivity index (χ1) is 10.3. The molecule has 0 unspecified atom stereocenters. The van der Waals surface area contributed by atoms with E-state index in [4.69, 9.17) is 12.2 Å². The van der Waals surface area contributed by atoms with Crippen LogP contribution in [-0.4, -0.2) is 11.7 Å². The molecule has 0 radical (unpaired) electrons. The highest BCUT2D eigenvalue weighted by molar-refractivity contribution is 7.80. The number of thiocarbonyl (C=S) groups is 1. The van der Waals surface area contributed by atoms with E-state index in [1.54, 1.807) is 0 Å². The second-order valence-electron chi connectivity index (χ2n) is 5.55. The quantitative estimate of drug-likeness (QED) is 0.454. The molecule has 0 atom stereocenters. The van der Waals surface area contributed by atoms with Crippen LogP contribution in [0.5, 0.6) is 0 Å². The lowest BCUT2D eigenvalue weighted by atomic mass is 10.1. The molecule has 0 amide bonds. The molecule has 21 heavy (non-hydrogen) atoms. The normalized spacial score (nSPS) is 10.4. The van der Waals surface area contributed by atoms with Crippen LogP contribution in [0.25, 0.3) is 0 Å². The Hall–Kier alpha value is -1.09. The molecule has 0 heterocycles. The Kier molecular flexibility index (Phi) is 9.88. The van der Waals surface area contributed by atoms with Gasteiger partial charge >= 0.3 is 0 Å². The largest absolute Gasteiger partial charge is 0.362 e. The van der Waals surface area contributed by atoms with Gasteiger partial charge in [-0.2, -0.15) is 0 Å². The molecule has 2 nitrogen and oxygen atoms in total. The minimum absolute atomic E-state index is 0.727. The molecule has 3 heteroatoms. The fourth-order valence-electron chi connectivity index (χ4n) is 2.28. The summed E-state index contributed by atoms with van der Waals surface area (Å²) in [4.78, 5) is 0. The Labute approximate surface area is 135 Å². The van der Waals surface area contributed by atoms with E-state index in [9.17, 15) is 0 Å². The van der Waals surface area contributed by atoms with Gasteiger partial charge in [-0.25, -0.2) is 0 Å². The van der Waals surface area contributed by atoms with E-state index in [-0.39, 0.29) is 0 Å². The predicted molar refractivity (Wildman–Crippen MR) is 98.0 cm³/mol. The van der Waals surface area contributed by atoms with Gasteiger partial charge in [0.25, 0.3) is 0 Å². The van der Waals surface area contributed by atoms with Crippen molar-refractivity contribution in [2.75, 3.05) is 11.9 Å². The summed E-state index contributed by atoms with van der Waals surface area (Å²) in [6.45, 7) is 5.39. The molecule has 0 saturated heterocycles. The molecule has 1 aromatic carbocycles. The molecule has 0 aromatic heterocycles. The van der Waals surface area contributed by atoms with Crippen LogP contribution in [0.4, 0.5) is 5.69 Å². The lowest BCUT2D eigenvalue weighted by molar-refractivity contribution is 0.586. The van der Waals surface area contributed by atoms with Crippen molar-refractivity contribution in [3.63, 3.8) is 0 Å². The average Bonchev–Trinajstić information content (AvgIpc) is 2.50. The van der Waals surface area contributed by atoms with Gasteiger partial charge in [0.1, 0.15) is 0 Å². The Morgan fingerprint density at radius 1 is 0.905 bits per heavy atom. The number of rotatable bonds is 10. The van der Waals surface area contributed by atoms with Gasteiger partial charge in [-0.15, -0.1) is 0 Å². The molecule has 0 aliphatic heterocycles. The summed E-state index contributed by atoms with van der Waals surface area (Å²) >= 11 is 5.31. The minimum Gasteiger partial charge on any atom is -0.362 e. The van der Waals surface area contributed by atoms with Crippen LogP contribution in [-0.2, 0) is 6.42 Å². The van der Waals surface area contributed by atoms with Crippen LogP contribution in [0.1, 0.15) is 64.4 Å². The molecule has 1 rings (SSSR count). The van der Waals surface area contributed by atoms with Crippen LogP contribution in [0.3, 0.4) is 0 Å². The summed E-state index contributed by atoms with van der Waals surface area (Å²) < 4.78 is 0. The fraction of sp³-hybridized carbons (Fsp3) is 0.611. The summed E-state index contributed by atoms with van der Waals surface area (Å²) in [5.74, 6) is 0. The van der Waals surface area contributed by atoms with Crippen molar-refractivity contribution in [3.05, 3.63) is 29.8 Å². The zero-order valence-corrected chi connectivity index (χ0v) is 14.4. The highest BCUT2D eigenvalue weighted by atomic mass is 32.1. The van der Waals surface area contributed by atoms with E-state index < -0.39 is 0 Å². The van der Waals surface area contributed by atoms with E-state index in [0.29, 0.717) is 0 Å². The van der Waals surface area contributed by atoms with Gasteiger partial charge < -0.3 is 10.6 Å². The molecular weight excluding hydrogens is 276 g/mol. The lowest BCUT2D eigenvalue weighted by Crippen LogP contribution is -2.29. The van der Waals surface area contributed by atoms with Gasteiger partial charge in [0, 0.05) is 12.2 Å². The smallest absolute Gasteiger partial charge is 0.170 e. The summed E-state index contributed by atoms with van der Waals surface area (Å²) in [6.07, 6.45) is 10.4. The van der Waals surface area contributed by atoms with E-state index in [0.717, 1.165) is 23.8 Å². The van der Waals surface area contributed by atoms with Crippen molar-refractivity contribution in [1.29, 1.82) is 0 Å². The van der Waals surface area contributed by atoms with Crippen molar-refractivity contribution in [2.24, 2.45) is 0 Å². The molecule has 0 fully saturated rings. The summed E-state index contributed by atoms with van der Waals surface area (Å²) in [5, 5.41) is 7.24. The van der Waals surface area contributed by atoms with Crippen molar-refractivity contribution in [1.82, 2.24) is 5.32 Å². The van der Waals surface area contributed by atoms with Crippen LogP contribution in [0.15, 0.2) is 24.3 Å². The molecule has 0 spiro atoms. The van der Waals surface area contributed by atoms with Crippen molar-refractivity contribution in [3.8, 4) is 0 Å². The maximum Gasteiger partial charge on any atom is 0.170 e. The number of unbranched alkanes of at least 4 members (excludes halogenated alkanes) is 6. The molecule has 2 N–H and O–H groups in total. The highest BCUT2D eigenvalue weighted by Crippen LogP contribution is 2.10. The van der Waals surface area contributed by atoms with E-state index in [2.05, 4.69) is 48.7 Å². The highest BCUT2D eigenvalue weighted by Gasteiger charge is 1.97. The first-order valence-electron chi connectivity index (χ1n) is 8.40. The van der Waals surface area contributed by atoms with Gasteiger partial charge in [-0.3, -0.25) is 0 Å². The van der Waals surface area contributed by atoms with Crippen molar-refractivity contribution >= 4 is 23.0 Å². The van der Waals surface area contributed by atoms with E-state index >= 15 is 0 Å². The van der Waals surface area contributed by atoms with Crippen LogP contribution in [0.2, 0.25) is 0 Å². The van der Waals surface area contributed by atoms with Gasteiger partial charge in [-0.1, -0.05) is 64.5 Å². The number of hydrogen-bond donors (Lipinski definition) is 2.